The first-order chi connectivity index (χ1) is 12.5. The van der Waals surface area contributed by atoms with E-state index in [0.717, 1.165) is 28.3 Å². The Balaban J connectivity index is 1.81. The molecule has 0 atom stereocenters. The molecule has 132 valence electrons. The zero-order valence-electron chi connectivity index (χ0n) is 15.1. The Morgan fingerprint density at radius 1 is 1.12 bits per heavy atom. The van der Waals surface area contributed by atoms with Gasteiger partial charge in [0.1, 0.15) is 11.5 Å². The predicted octanol–water partition coefficient (Wildman–Crippen LogP) is 4.35. The highest BCUT2D eigenvalue weighted by atomic mass is 16.5. The van der Waals surface area contributed by atoms with E-state index in [0.29, 0.717) is 5.56 Å². The second-order valence-electron chi connectivity index (χ2n) is 6.30. The molecule has 1 aromatic carbocycles. The average molecular weight is 347 g/mol. The van der Waals surface area contributed by atoms with Gasteiger partial charge in [-0.3, -0.25) is 9.78 Å². The van der Waals surface area contributed by atoms with Gasteiger partial charge in [0.05, 0.1) is 11.3 Å². The van der Waals surface area contributed by atoms with Gasteiger partial charge in [-0.2, -0.15) is 0 Å². The lowest BCUT2D eigenvalue weighted by atomic mass is 10.1. The van der Waals surface area contributed by atoms with Crippen molar-refractivity contribution in [3.63, 3.8) is 0 Å². The van der Waals surface area contributed by atoms with E-state index < -0.39 is 0 Å². The molecule has 0 saturated carbocycles. The Kier molecular flexibility index (Phi) is 5.27. The second-order valence-corrected chi connectivity index (χ2v) is 6.30. The summed E-state index contributed by atoms with van der Waals surface area (Å²) in [6.45, 7) is 5.73. The molecule has 0 bridgehead atoms. The van der Waals surface area contributed by atoms with E-state index >= 15 is 0 Å². The SMILES string of the molecule is Cc1onc(-c2ccccc2)c1C=Cc1ccc(C(=O)NC(C)C)cn1. The van der Waals surface area contributed by atoms with Crippen LogP contribution in [0.25, 0.3) is 23.4 Å². The first-order valence-electron chi connectivity index (χ1n) is 8.51. The molecule has 1 N–H and O–H groups in total. The van der Waals surface area contributed by atoms with E-state index in [9.17, 15) is 4.79 Å². The fourth-order valence-corrected chi connectivity index (χ4v) is 2.53. The van der Waals surface area contributed by atoms with Crippen LogP contribution in [0.4, 0.5) is 0 Å². The van der Waals surface area contributed by atoms with Crippen LogP contribution in [-0.4, -0.2) is 22.1 Å². The Morgan fingerprint density at radius 3 is 2.54 bits per heavy atom. The zero-order chi connectivity index (χ0) is 18.5. The fraction of sp³-hybridized carbons (Fsp3) is 0.190. The predicted molar refractivity (Wildman–Crippen MR) is 102 cm³/mol. The lowest BCUT2D eigenvalue weighted by molar-refractivity contribution is 0.0943. The van der Waals surface area contributed by atoms with E-state index in [1.807, 2.05) is 69.3 Å². The molecule has 3 aromatic rings. The van der Waals surface area contributed by atoms with Gasteiger partial charge in [-0.25, -0.2) is 0 Å². The number of aromatic nitrogens is 2. The maximum atomic E-state index is 12.0. The van der Waals surface area contributed by atoms with E-state index in [1.54, 1.807) is 12.3 Å². The molecule has 0 saturated heterocycles. The van der Waals surface area contributed by atoms with Crippen LogP contribution >= 0.6 is 0 Å². The molecule has 0 fully saturated rings. The van der Waals surface area contributed by atoms with E-state index in [4.69, 9.17) is 4.52 Å². The third-order valence-corrected chi connectivity index (χ3v) is 3.84. The summed E-state index contributed by atoms with van der Waals surface area (Å²) < 4.78 is 5.35. The summed E-state index contributed by atoms with van der Waals surface area (Å²) >= 11 is 0. The zero-order valence-corrected chi connectivity index (χ0v) is 15.1. The molecule has 2 aromatic heterocycles. The molecule has 0 aliphatic heterocycles. The Bertz CT molecular complexity index is 910. The molecule has 2 heterocycles. The molecule has 1 amide bonds. The summed E-state index contributed by atoms with van der Waals surface area (Å²) in [5, 5.41) is 7.01. The first kappa shape index (κ1) is 17.6. The normalized spacial score (nSPS) is 11.2. The van der Waals surface area contributed by atoms with Crippen molar-refractivity contribution in [3.05, 3.63) is 71.2 Å². The molecule has 0 spiro atoms. The third-order valence-electron chi connectivity index (χ3n) is 3.84. The summed E-state index contributed by atoms with van der Waals surface area (Å²) in [4.78, 5) is 16.3. The minimum Gasteiger partial charge on any atom is -0.360 e. The first-order valence-corrected chi connectivity index (χ1v) is 8.51. The van der Waals surface area contributed by atoms with Crippen molar-refractivity contribution < 1.29 is 9.32 Å². The van der Waals surface area contributed by atoms with Gasteiger partial charge >= 0.3 is 0 Å². The monoisotopic (exact) mass is 347 g/mol. The van der Waals surface area contributed by atoms with Crippen molar-refractivity contribution in [1.82, 2.24) is 15.5 Å². The number of aryl methyl sites for hydroxylation is 1. The van der Waals surface area contributed by atoms with Crippen LogP contribution < -0.4 is 5.32 Å². The minimum atomic E-state index is -0.121. The van der Waals surface area contributed by atoms with Crippen LogP contribution in [0.5, 0.6) is 0 Å². The van der Waals surface area contributed by atoms with Gasteiger partial charge in [0, 0.05) is 23.4 Å². The molecule has 0 aliphatic rings. The van der Waals surface area contributed by atoms with Gasteiger partial charge in [-0.1, -0.05) is 35.5 Å². The Morgan fingerprint density at radius 2 is 1.88 bits per heavy atom. The van der Waals surface area contributed by atoms with Crippen molar-refractivity contribution in [2.45, 2.75) is 26.8 Å². The third kappa shape index (κ3) is 4.06. The number of hydrogen-bond acceptors (Lipinski definition) is 4. The molecule has 5 nitrogen and oxygen atoms in total. The topological polar surface area (TPSA) is 68.0 Å². The summed E-state index contributed by atoms with van der Waals surface area (Å²) in [6.07, 6.45) is 5.40. The molecular weight excluding hydrogens is 326 g/mol. The van der Waals surface area contributed by atoms with Crippen molar-refractivity contribution in [2.24, 2.45) is 0 Å². The quantitative estimate of drug-likeness (QED) is 0.745. The number of nitrogens with zero attached hydrogens (tertiary/aromatic N) is 2. The number of benzene rings is 1. The summed E-state index contributed by atoms with van der Waals surface area (Å²) in [5.74, 6) is 0.623. The smallest absolute Gasteiger partial charge is 0.253 e. The fourth-order valence-electron chi connectivity index (χ4n) is 2.53. The van der Waals surface area contributed by atoms with Crippen molar-refractivity contribution in [3.8, 4) is 11.3 Å². The van der Waals surface area contributed by atoms with Gasteiger partial charge in [-0.05, 0) is 45.1 Å². The number of carbonyl (C=O) groups is 1. The van der Waals surface area contributed by atoms with Crippen molar-refractivity contribution >= 4 is 18.1 Å². The van der Waals surface area contributed by atoms with E-state index in [2.05, 4.69) is 15.5 Å². The van der Waals surface area contributed by atoms with Gasteiger partial charge < -0.3 is 9.84 Å². The molecule has 5 heteroatoms. The highest BCUT2D eigenvalue weighted by molar-refractivity contribution is 5.94. The maximum Gasteiger partial charge on any atom is 0.253 e. The number of pyridine rings is 1. The summed E-state index contributed by atoms with van der Waals surface area (Å²) in [5.41, 5.74) is 4.01. The molecular formula is C21H21N3O2. The number of hydrogen-bond donors (Lipinski definition) is 1. The van der Waals surface area contributed by atoms with Crippen LogP contribution in [0, 0.1) is 6.92 Å². The summed E-state index contributed by atoms with van der Waals surface area (Å²) in [7, 11) is 0. The Hall–Kier alpha value is -3.21. The largest absolute Gasteiger partial charge is 0.360 e. The standard InChI is InChI=1S/C21H21N3O2/c1-14(2)23-21(25)17-9-10-18(22-13-17)11-12-19-15(3)26-24-20(19)16-7-5-4-6-8-16/h4-14H,1-3H3,(H,23,25). The lowest BCUT2D eigenvalue weighted by Crippen LogP contribution is -2.30. The van der Waals surface area contributed by atoms with Crippen LogP contribution in [0.15, 0.2) is 53.2 Å². The highest BCUT2D eigenvalue weighted by Gasteiger charge is 2.12. The van der Waals surface area contributed by atoms with Crippen molar-refractivity contribution in [2.75, 3.05) is 0 Å². The van der Waals surface area contributed by atoms with Crippen LogP contribution in [-0.2, 0) is 0 Å². The molecule has 0 unspecified atom stereocenters. The van der Waals surface area contributed by atoms with E-state index in [1.165, 1.54) is 0 Å². The Labute approximate surface area is 152 Å². The average Bonchev–Trinajstić information content (AvgIpc) is 3.01. The summed E-state index contributed by atoms with van der Waals surface area (Å²) in [6, 6.07) is 13.6. The highest BCUT2D eigenvalue weighted by Crippen LogP contribution is 2.26. The molecule has 3 rings (SSSR count). The molecule has 0 aliphatic carbocycles. The second kappa shape index (κ2) is 7.78. The lowest BCUT2D eigenvalue weighted by Gasteiger charge is -2.07. The van der Waals surface area contributed by atoms with Crippen LogP contribution in [0.3, 0.4) is 0 Å². The minimum absolute atomic E-state index is 0.0926. The van der Waals surface area contributed by atoms with E-state index in [-0.39, 0.29) is 11.9 Å². The number of carbonyl (C=O) groups excluding carboxylic acids is 1. The maximum absolute atomic E-state index is 12.0. The molecule has 0 radical (unpaired) electrons. The van der Waals surface area contributed by atoms with Gasteiger partial charge in [0.15, 0.2) is 0 Å². The number of rotatable bonds is 5. The van der Waals surface area contributed by atoms with Gasteiger partial charge in [-0.15, -0.1) is 0 Å². The van der Waals surface area contributed by atoms with Crippen LogP contribution in [0.1, 0.15) is 41.2 Å². The molecule has 26 heavy (non-hydrogen) atoms. The van der Waals surface area contributed by atoms with Gasteiger partial charge in [0.2, 0.25) is 0 Å². The number of amides is 1. The van der Waals surface area contributed by atoms with Crippen molar-refractivity contribution in [1.29, 1.82) is 0 Å². The number of nitrogens with one attached hydrogen (secondary N) is 1. The van der Waals surface area contributed by atoms with Gasteiger partial charge in [0.25, 0.3) is 5.91 Å². The van der Waals surface area contributed by atoms with Crippen LogP contribution in [0.2, 0.25) is 0 Å².